The van der Waals surface area contributed by atoms with Crippen molar-refractivity contribution in [1.29, 1.82) is 0 Å². The summed E-state index contributed by atoms with van der Waals surface area (Å²) < 4.78 is 5.29. The van der Waals surface area contributed by atoms with Crippen LogP contribution in [0, 0.1) is 6.92 Å². The van der Waals surface area contributed by atoms with E-state index < -0.39 is 23.8 Å². The van der Waals surface area contributed by atoms with Gasteiger partial charge < -0.3 is 9.84 Å². The van der Waals surface area contributed by atoms with Crippen LogP contribution in [-0.4, -0.2) is 35.5 Å². The Morgan fingerprint density at radius 2 is 1.97 bits per heavy atom. The molecule has 2 aromatic rings. The van der Waals surface area contributed by atoms with Crippen LogP contribution in [0.3, 0.4) is 0 Å². The minimum absolute atomic E-state index is 0.117. The molecular weight excluding hydrogens is 412 g/mol. The first kappa shape index (κ1) is 21.1. The first-order chi connectivity index (χ1) is 14.2. The van der Waals surface area contributed by atoms with E-state index in [4.69, 9.17) is 16.3 Å². The average molecular weight is 429 g/mol. The van der Waals surface area contributed by atoms with E-state index in [1.54, 1.807) is 26.0 Å². The summed E-state index contributed by atoms with van der Waals surface area (Å²) in [6.45, 7) is 3.64. The molecule has 0 spiro atoms. The lowest BCUT2D eigenvalue weighted by molar-refractivity contribution is -0.122. The largest absolute Gasteiger partial charge is 0.493 e. The molecule has 0 unspecified atom stereocenters. The van der Waals surface area contributed by atoms with Crippen LogP contribution in [0.5, 0.6) is 5.75 Å². The second kappa shape index (κ2) is 8.38. The molecule has 9 heteroatoms. The van der Waals surface area contributed by atoms with Gasteiger partial charge in [-0.25, -0.2) is 14.5 Å². The molecule has 2 aromatic carbocycles. The Labute approximate surface area is 176 Å². The fourth-order valence-electron chi connectivity index (χ4n) is 2.97. The molecule has 0 atom stereocenters. The van der Waals surface area contributed by atoms with E-state index in [1.165, 1.54) is 30.3 Å². The number of nitrogens with one attached hydrogen (secondary N) is 1. The summed E-state index contributed by atoms with van der Waals surface area (Å²) in [5.74, 6) is -2.78. The lowest BCUT2D eigenvalue weighted by atomic mass is 10.0. The van der Waals surface area contributed by atoms with Crippen LogP contribution >= 0.6 is 11.6 Å². The highest BCUT2D eigenvalue weighted by Crippen LogP contribution is 2.30. The minimum Gasteiger partial charge on any atom is -0.493 e. The molecule has 1 aliphatic rings. The summed E-state index contributed by atoms with van der Waals surface area (Å²) in [5.41, 5.74) is 0.571. The van der Waals surface area contributed by atoms with Gasteiger partial charge in [-0.05, 0) is 55.3 Å². The molecule has 1 aliphatic heterocycles. The number of nitrogens with zero attached hydrogens (tertiary/aromatic N) is 1. The number of carboxylic acids is 1. The van der Waals surface area contributed by atoms with Crippen molar-refractivity contribution < 1.29 is 29.0 Å². The minimum atomic E-state index is -1.22. The predicted octanol–water partition coefficient (Wildman–Crippen LogP) is 3.41. The van der Waals surface area contributed by atoms with Gasteiger partial charge in [-0.2, -0.15) is 0 Å². The van der Waals surface area contributed by atoms with Crippen molar-refractivity contribution in [1.82, 2.24) is 5.32 Å². The number of carbonyl (C=O) groups is 4. The summed E-state index contributed by atoms with van der Waals surface area (Å²) in [4.78, 5) is 50.0. The molecular formula is C21H17ClN2O6. The molecule has 0 bridgehead atoms. The molecule has 1 fully saturated rings. The molecule has 1 saturated heterocycles. The number of ether oxygens (including phenoxy) is 1. The SMILES string of the molecule is CCOc1ccc(/C=C2\C(=O)NC(=O)N(c3cccc(Cl)c3C)C2=O)cc1C(=O)O. The average Bonchev–Trinajstić information content (AvgIpc) is 2.69. The molecule has 0 aromatic heterocycles. The van der Waals surface area contributed by atoms with Crippen LogP contribution in [0.2, 0.25) is 5.02 Å². The van der Waals surface area contributed by atoms with Gasteiger partial charge >= 0.3 is 12.0 Å². The number of imide groups is 2. The van der Waals surface area contributed by atoms with E-state index >= 15 is 0 Å². The molecule has 2 N–H and O–H groups in total. The molecule has 0 saturated carbocycles. The Morgan fingerprint density at radius 3 is 2.63 bits per heavy atom. The van der Waals surface area contributed by atoms with Gasteiger partial charge in [-0.1, -0.05) is 23.7 Å². The fourth-order valence-corrected chi connectivity index (χ4v) is 3.14. The maximum Gasteiger partial charge on any atom is 0.339 e. The molecule has 8 nitrogen and oxygen atoms in total. The van der Waals surface area contributed by atoms with Crippen LogP contribution in [0.4, 0.5) is 10.5 Å². The predicted molar refractivity (Wildman–Crippen MR) is 110 cm³/mol. The van der Waals surface area contributed by atoms with E-state index in [1.807, 2.05) is 0 Å². The zero-order valence-electron chi connectivity index (χ0n) is 16.1. The van der Waals surface area contributed by atoms with Crippen molar-refractivity contribution >= 4 is 47.2 Å². The van der Waals surface area contributed by atoms with Crippen molar-refractivity contribution in [2.24, 2.45) is 0 Å². The Hall–Kier alpha value is -3.65. The van der Waals surface area contributed by atoms with Crippen LogP contribution in [0.25, 0.3) is 6.08 Å². The highest BCUT2D eigenvalue weighted by molar-refractivity contribution is 6.40. The number of carbonyl (C=O) groups excluding carboxylic acids is 3. The molecule has 30 heavy (non-hydrogen) atoms. The van der Waals surface area contributed by atoms with E-state index in [2.05, 4.69) is 5.32 Å². The van der Waals surface area contributed by atoms with Gasteiger partial charge in [0.05, 0.1) is 12.3 Å². The Morgan fingerprint density at radius 1 is 1.23 bits per heavy atom. The highest BCUT2D eigenvalue weighted by atomic mass is 35.5. The lowest BCUT2D eigenvalue weighted by Gasteiger charge is -2.27. The monoisotopic (exact) mass is 428 g/mol. The van der Waals surface area contributed by atoms with Gasteiger partial charge in [0.15, 0.2) is 0 Å². The standard InChI is InChI=1S/C21H17ClN2O6/c1-3-30-17-8-7-12(9-13(17)20(27)28)10-14-18(25)23-21(29)24(19(14)26)16-6-4-5-15(22)11(16)2/h4-10H,3H2,1-2H3,(H,27,28)(H,23,25,29)/b14-10+. The molecule has 0 aliphatic carbocycles. The van der Waals surface area contributed by atoms with E-state index in [0.29, 0.717) is 10.6 Å². The normalized spacial score (nSPS) is 15.4. The van der Waals surface area contributed by atoms with E-state index in [-0.39, 0.29) is 34.7 Å². The first-order valence-corrected chi connectivity index (χ1v) is 9.29. The van der Waals surface area contributed by atoms with E-state index in [0.717, 1.165) is 4.90 Å². The highest BCUT2D eigenvalue weighted by Gasteiger charge is 2.37. The number of carboxylic acid groups (broad SMARTS) is 1. The number of rotatable bonds is 5. The molecule has 3 rings (SSSR count). The van der Waals surface area contributed by atoms with Crippen molar-refractivity contribution in [2.45, 2.75) is 13.8 Å². The molecule has 4 amide bonds. The number of hydrogen-bond donors (Lipinski definition) is 2. The summed E-state index contributed by atoms with van der Waals surface area (Å²) in [7, 11) is 0. The fraction of sp³-hybridized carbons (Fsp3) is 0.143. The zero-order chi connectivity index (χ0) is 22.0. The summed E-state index contributed by atoms with van der Waals surface area (Å²) in [5, 5.41) is 11.9. The van der Waals surface area contributed by atoms with Crippen molar-refractivity contribution in [3.63, 3.8) is 0 Å². The third-order valence-corrected chi connectivity index (χ3v) is 4.84. The zero-order valence-corrected chi connectivity index (χ0v) is 16.8. The summed E-state index contributed by atoms with van der Waals surface area (Å²) >= 11 is 6.09. The van der Waals surface area contributed by atoms with Crippen LogP contribution in [-0.2, 0) is 9.59 Å². The van der Waals surface area contributed by atoms with Crippen LogP contribution in [0.1, 0.15) is 28.4 Å². The number of aromatic carboxylic acids is 1. The second-order valence-corrected chi connectivity index (χ2v) is 6.74. The number of hydrogen-bond acceptors (Lipinski definition) is 5. The maximum atomic E-state index is 13.0. The van der Waals surface area contributed by atoms with Gasteiger partial charge in [-0.3, -0.25) is 14.9 Å². The van der Waals surface area contributed by atoms with E-state index in [9.17, 15) is 24.3 Å². The second-order valence-electron chi connectivity index (χ2n) is 6.34. The number of urea groups is 1. The lowest BCUT2D eigenvalue weighted by Crippen LogP contribution is -2.54. The smallest absolute Gasteiger partial charge is 0.339 e. The van der Waals surface area contributed by atoms with Gasteiger partial charge in [0.25, 0.3) is 11.8 Å². The number of anilines is 1. The quantitative estimate of drug-likeness (QED) is 0.557. The number of amides is 4. The molecule has 154 valence electrons. The maximum absolute atomic E-state index is 13.0. The molecule has 1 heterocycles. The van der Waals surface area contributed by atoms with Gasteiger partial charge in [-0.15, -0.1) is 0 Å². The number of barbiturate groups is 1. The Kier molecular flexibility index (Phi) is 5.89. The number of halogens is 1. The summed E-state index contributed by atoms with van der Waals surface area (Å²) in [6.07, 6.45) is 1.22. The van der Waals surface area contributed by atoms with Crippen LogP contribution < -0.4 is 15.0 Å². The number of benzene rings is 2. The Balaban J connectivity index is 2.06. The molecule has 0 radical (unpaired) electrons. The first-order valence-electron chi connectivity index (χ1n) is 8.91. The van der Waals surface area contributed by atoms with Gasteiger partial charge in [0, 0.05) is 5.02 Å². The van der Waals surface area contributed by atoms with Crippen LogP contribution in [0.15, 0.2) is 42.0 Å². The van der Waals surface area contributed by atoms with Crippen molar-refractivity contribution in [3.05, 3.63) is 63.7 Å². The van der Waals surface area contributed by atoms with Crippen molar-refractivity contribution in [2.75, 3.05) is 11.5 Å². The van der Waals surface area contributed by atoms with Gasteiger partial charge in [0.2, 0.25) is 0 Å². The topological polar surface area (TPSA) is 113 Å². The Bertz CT molecular complexity index is 1110. The third-order valence-electron chi connectivity index (χ3n) is 4.43. The van der Waals surface area contributed by atoms with Gasteiger partial charge in [0.1, 0.15) is 16.9 Å². The third kappa shape index (κ3) is 3.90. The van der Waals surface area contributed by atoms with Crippen molar-refractivity contribution in [3.8, 4) is 5.75 Å². The summed E-state index contributed by atoms with van der Waals surface area (Å²) in [6, 6.07) is 8.06.